The van der Waals surface area contributed by atoms with E-state index < -0.39 is 18.5 Å². The molecule has 2 rings (SSSR count). The molecule has 1 saturated heterocycles. The topological polar surface area (TPSA) is 85.4 Å². The van der Waals surface area contributed by atoms with Crippen LogP contribution in [0.15, 0.2) is 18.2 Å². The van der Waals surface area contributed by atoms with Gasteiger partial charge in [0.1, 0.15) is 11.3 Å². The fourth-order valence-corrected chi connectivity index (χ4v) is 2.53. The summed E-state index contributed by atoms with van der Waals surface area (Å²) >= 11 is 5.87. The molecule has 0 aromatic heterocycles. The van der Waals surface area contributed by atoms with E-state index in [0.29, 0.717) is 37.1 Å². The molecule has 0 bridgehead atoms. The Morgan fingerprint density at radius 2 is 1.96 bits per heavy atom. The zero-order valence-corrected chi connectivity index (χ0v) is 15.5. The second kappa shape index (κ2) is 9.40. The Morgan fingerprint density at radius 1 is 1.27 bits per heavy atom. The number of rotatable bonds is 6. The number of hydrogen-bond acceptors (Lipinski definition) is 6. The van der Waals surface area contributed by atoms with E-state index in [0.717, 1.165) is 0 Å². The van der Waals surface area contributed by atoms with Crippen molar-refractivity contribution in [2.75, 3.05) is 53.6 Å². The van der Waals surface area contributed by atoms with Gasteiger partial charge in [0.15, 0.2) is 6.61 Å². The van der Waals surface area contributed by atoms with Crippen molar-refractivity contribution in [2.24, 2.45) is 0 Å². The summed E-state index contributed by atoms with van der Waals surface area (Å²) in [7, 11) is 2.89. The molecular weight excluding hydrogens is 364 g/mol. The highest BCUT2D eigenvalue weighted by atomic mass is 35.5. The number of carbonyl (C=O) groups is 3. The zero-order valence-electron chi connectivity index (χ0n) is 14.7. The van der Waals surface area contributed by atoms with Crippen molar-refractivity contribution in [3.8, 4) is 5.75 Å². The molecule has 1 aromatic carbocycles. The average Bonchev–Trinajstić information content (AvgIpc) is 2.66. The van der Waals surface area contributed by atoms with Crippen molar-refractivity contribution in [2.45, 2.75) is 0 Å². The van der Waals surface area contributed by atoms with Gasteiger partial charge in [-0.3, -0.25) is 9.59 Å². The number of morpholine rings is 1. The van der Waals surface area contributed by atoms with Crippen LogP contribution in [0, 0.1) is 0 Å². The molecule has 0 saturated carbocycles. The molecule has 2 amide bonds. The van der Waals surface area contributed by atoms with Gasteiger partial charge in [0.05, 0.1) is 26.9 Å². The Kier molecular flexibility index (Phi) is 7.23. The summed E-state index contributed by atoms with van der Waals surface area (Å²) in [5.74, 6) is -1.10. The molecule has 1 heterocycles. The third-order valence-electron chi connectivity index (χ3n) is 3.87. The Morgan fingerprint density at radius 3 is 2.62 bits per heavy atom. The molecule has 8 nitrogen and oxygen atoms in total. The molecular formula is C17H21ClN2O6. The van der Waals surface area contributed by atoms with Crippen LogP contribution >= 0.6 is 11.6 Å². The van der Waals surface area contributed by atoms with Gasteiger partial charge in [-0.2, -0.15) is 0 Å². The van der Waals surface area contributed by atoms with Crippen molar-refractivity contribution in [3.63, 3.8) is 0 Å². The first-order valence-electron chi connectivity index (χ1n) is 8.02. The van der Waals surface area contributed by atoms with E-state index in [2.05, 4.69) is 0 Å². The molecule has 0 radical (unpaired) electrons. The van der Waals surface area contributed by atoms with Crippen LogP contribution in [0.25, 0.3) is 0 Å². The summed E-state index contributed by atoms with van der Waals surface area (Å²) in [6.45, 7) is 1.41. The maximum Gasteiger partial charge on any atom is 0.342 e. The third kappa shape index (κ3) is 5.34. The summed E-state index contributed by atoms with van der Waals surface area (Å²) in [6, 6.07) is 4.51. The zero-order chi connectivity index (χ0) is 19.1. The van der Waals surface area contributed by atoms with Gasteiger partial charge in [0.2, 0.25) is 5.91 Å². The third-order valence-corrected chi connectivity index (χ3v) is 4.11. The van der Waals surface area contributed by atoms with Crippen LogP contribution in [0.2, 0.25) is 5.02 Å². The standard InChI is InChI=1S/C17H21ClN2O6/c1-19(10-15(21)20-5-7-25-8-6-20)16(22)11-26-17(23)13-9-12(18)3-4-14(13)24-2/h3-4,9H,5-8,10-11H2,1-2H3. The highest BCUT2D eigenvalue weighted by molar-refractivity contribution is 6.31. The number of nitrogens with zero attached hydrogens (tertiary/aromatic N) is 2. The molecule has 1 aliphatic heterocycles. The number of ether oxygens (including phenoxy) is 3. The minimum absolute atomic E-state index is 0.0864. The molecule has 0 spiro atoms. The molecule has 9 heteroatoms. The van der Waals surface area contributed by atoms with Crippen LogP contribution in [0.4, 0.5) is 0 Å². The lowest BCUT2D eigenvalue weighted by Gasteiger charge is -2.28. The van der Waals surface area contributed by atoms with Gasteiger partial charge < -0.3 is 24.0 Å². The number of esters is 1. The van der Waals surface area contributed by atoms with E-state index >= 15 is 0 Å². The molecule has 0 aliphatic carbocycles. The monoisotopic (exact) mass is 384 g/mol. The van der Waals surface area contributed by atoms with Crippen molar-refractivity contribution < 1.29 is 28.6 Å². The van der Waals surface area contributed by atoms with Gasteiger partial charge >= 0.3 is 5.97 Å². The number of hydrogen-bond donors (Lipinski definition) is 0. The molecule has 1 fully saturated rings. The quantitative estimate of drug-likeness (QED) is 0.675. The van der Waals surface area contributed by atoms with E-state index in [-0.39, 0.29) is 18.0 Å². The highest BCUT2D eigenvalue weighted by Crippen LogP contribution is 2.23. The summed E-state index contributed by atoms with van der Waals surface area (Å²) in [5, 5.41) is 0.345. The Balaban J connectivity index is 1.86. The van der Waals surface area contributed by atoms with Gasteiger partial charge in [-0.1, -0.05) is 11.6 Å². The average molecular weight is 385 g/mol. The number of carbonyl (C=O) groups excluding carboxylic acids is 3. The second-order valence-electron chi connectivity index (χ2n) is 5.66. The lowest BCUT2D eigenvalue weighted by Crippen LogP contribution is -2.46. The van der Waals surface area contributed by atoms with E-state index in [4.69, 9.17) is 25.8 Å². The molecule has 26 heavy (non-hydrogen) atoms. The van der Waals surface area contributed by atoms with Gasteiger partial charge in [-0.05, 0) is 18.2 Å². The molecule has 142 valence electrons. The minimum Gasteiger partial charge on any atom is -0.496 e. The van der Waals surface area contributed by atoms with Gasteiger partial charge in [0, 0.05) is 25.2 Å². The fraction of sp³-hybridized carbons (Fsp3) is 0.471. The van der Waals surface area contributed by atoms with Crippen molar-refractivity contribution in [1.29, 1.82) is 0 Å². The maximum absolute atomic E-state index is 12.2. The lowest BCUT2D eigenvalue weighted by atomic mass is 10.2. The maximum atomic E-state index is 12.2. The van der Waals surface area contributed by atoms with E-state index in [1.54, 1.807) is 11.0 Å². The molecule has 0 N–H and O–H groups in total. The Labute approximate surface area is 156 Å². The molecule has 1 aliphatic rings. The smallest absolute Gasteiger partial charge is 0.342 e. The van der Waals surface area contributed by atoms with Gasteiger partial charge in [-0.25, -0.2) is 4.79 Å². The number of halogens is 1. The predicted octanol–water partition coefficient (Wildman–Crippen LogP) is 0.823. The summed E-state index contributed by atoms with van der Waals surface area (Å²) < 4.78 is 15.3. The van der Waals surface area contributed by atoms with Crippen molar-refractivity contribution in [1.82, 2.24) is 9.80 Å². The first kappa shape index (κ1) is 20.0. The normalized spacial score (nSPS) is 13.9. The summed E-state index contributed by atoms with van der Waals surface area (Å²) in [4.78, 5) is 39.3. The van der Waals surface area contributed by atoms with Crippen LogP contribution in [-0.4, -0.2) is 81.2 Å². The van der Waals surface area contributed by atoms with Crippen LogP contribution in [0.1, 0.15) is 10.4 Å². The van der Waals surface area contributed by atoms with Crippen LogP contribution in [0.5, 0.6) is 5.75 Å². The SMILES string of the molecule is COc1ccc(Cl)cc1C(=O)OCC(=O)N(C)CC(=O)N1CCOCC1. The van der Waals surface area contributed by atoms with Crippen LogP contribution in [0.3, 0.4) is 0 Å². The van der Waals surface area contributed by atoms with Gasteiger partial charge in [0.25, 0.3) is 5.91 Å². The van der Waals surface area contributed by atoms with Gasteiger partial charge in [-0.15, -0.1) is 0 Å². The highest BCUT2D eigenvalue weighted by Gasteiger charge is 2.22. The number of amides is 2. The first-order chi connectivity index (χ1) is 12.4. The van der Waals surface area contributed by atoms with E-state index in [1.165, 1.54) is 31.2 Å². The molecule has 0 unspecified atom stereocenters. The molecule has 1 aromatic rings. The Bertz CT molecular complexity index is 675. The number of likely N-dealkylation sites (N-methyl/N-ethyl adjacent to an activating group) is 1. The summed E-state index contributed by atoms with van der Waals surface area (Å²) in [6.07, 6.45) is 0. The molecule has 0 atom stereocenters. The number of methoxy groups -OCH3 is 1. The number of benzene rings is 1. The van der Waals surface area contributed by atoms with E-state index in [1.807, 2.05) is 0 Å². The van der Waals surface area contributed by atoms with Crippen LogP contribution in [-0.2, 0) is 19.1 Å². The van der Waals surface area contributed by atoms with Crippen molar-refractivity contribution >= 4 is 29.4 Å². The summed E-state index contributed by atoms with van der Waals surface area (Å²) in [5.41, 5.74) is 0.125. The van der Waals surface area contributed by atoms with Crippen molar-refractivity contribution in [3.05, 3.63) is 28.8 Å². The van der Waals surface area contributed by atoms with E-state index in [9.17, 15) is 14.4 Å². The second-order valence-corrected chi connectivity index (χ2v) is 6.10. The minimum atomic E-state index is -0.731. The predicted molar refractivity (Wildman–Crippen MR) is 93.3 cm³/mol. The lowest BCUT2D eigenvalue weighted by molar-refractivity contribution is -0.143. The van der Waals surface area contributed by atoms with Crippen LogP contribution < -0.4 is 4.74 Å². The largest absolute Gasteiger partial charge is 0.496 e. The first-order valence-corrected chi connectivity index (χ1v) is 8.40. The fourth-order valence-electron chi connectivity index (χ4n) is 2.36. The Hall–Kier alpha value is -2.32.